The second kappa shape index (κ2) is 13.6. The van der Waals surface area contributed by atoms with E-state index in [9.17, 15) is 0 Å². The van der Waals surface area contributed by atoms with Gasteiger partial charge in [-0.1, -0.05) is 0 Å². The van der Waals surface area contributed by atoms with Crippen molar-refractivity contribution < 1.29 is 14.2 Å². The predicted octanol–water partition coefficient (Wildman–Crippen LogP) is 1.80. The van der Waals surface area contributed by atoms with Crippen LogP contribution in [-0.2, 0) is 14.2 Å². The van der Waals surface area contributed by atoms with E-state index in [1.165, 1.54) is 0 Å². The molecule has 23 heavy (non-hydrogen) atoms. The summed E-state index contributed by atoms with van der Waals surface area (Å²) in [5.74, 6) is 1.46. The zero-order valence-electron chi connectivity index (χ0n) is 15.1. The van der Waals surface area contributed by atoms with Gasteiger partial charge in [0.05, 0.1) is 19.3 Å². The second-order valence-corrected chi connectivity index (χ2v) is 6.12. The summed E-state index contributed by atoms with van der Waals surface area (Å²) in [5.41, 5.74) is 0. The van der Waals surface area contributed by atoms with Crippen molar-refractivity contribution in [2.75, 3.05) is 52.7 Å². The number of hydrogen-bond donors (Lipinski definition) is 2. The van der Waals surface area contributed by atoms with Crippen LogP contribution in [0.5, 0.6) is 0 Å². The quantitative estimate of drug-likeness (QED) is 0.325. The van der Waals surface area contributed by atoms with E-state index in [2.05, 4.69) is 36.4 Å². The maximum absolute atomic E-state index is 5.69. The van der Waals surface area contributed by atoms with E-state index in [-0.39, 0.29) is 0 Å². The van der Waals surface area contributed by atoms with Crippen LogP contribution >= 0.6 is 0 Å². The van der Waals surface area contributed by atoms with Gasteiger partial charge in [0.2, 0.25) is 0 Å². The Balaban J connectivity index is 2.03. The normalized spacial score (nSPS) is 18.6. The van der Waals surface area contributed by atoms with Gasteiger partial charge < -0.3 is 24.8 Å². The molecule has 6 heteroatoms. The predicted molar refractivity (Wildman–Crippen MR) is 94.0 cm³/mol. The molecule has 1 aliphatic rings. The molecule has 1 heterocycles. The first-order valence-electron chi connectivity index (χ1n) is 9.01. The van der Waals surface area contributed by atoms with Gasteiger partial charge in [0, 0.05) is 45.4 Å². The monoisotopic (exact) mass is 329 g/mol. The fraction of sp³-hybridized carbons (Fsp3) is 0.941. The highest BCUT2D eigenvalue weighted by atomic mass is 16.5. The number of rotatable bonds is 12. The first kappa shape index (κ1) is 20.2. The second-order valence-electron chi connectivity index (χ2n) is 6.12. The summed E-state index contributed by atoms with van der Waals surface area (Å²) < 4.78 is 16.5. The molecule has 0 aromatic heterocycles. The number of hydrogen-bond acceptors (Lipinski definition) is 4. The zero-order valence-corrected chi connectivity index (χ0v) is 15.1. The molecular weight excluding hydrogens is 294 g/mol. The fourth-order valence-corrected chi connectivity index (χ4v) is 2.26. The standard InChI is InChI=1S/C17H35N3O3/c1-4-18-17(20-9-6-11-23-15(2)3)19-8-5-10-21-13-16-7-12-22-14-16/h15-16H,4-14H2,1-3H3,(H2,18,19,20). The Labute approximate surface area is 141 Å². The van der Waals surface area contributed by atoms with Crippen molar-refractivity contribution in [1.82, 2.24) is 10.6 Å². The van der Waals surface area contributed by atoms with Gasteiger partial charge in [0.15, 0.2) is 5.96 Å². The van der Waals surface area contributed by atoms with E-state index in [1.807, 2.05) is 0 Å². The topological polar surface area (TPSA) is 64.1 Å². The third kappa shape index (κ3) is 11.3. The summed E-state index contributed by atoms with van der Waals surface area (Å²) in [7, 11) is 0. The van der Waals surface area contributed by atoms with Crippen LogP contribution < -0.4 is 10.6 Å². The van der Waals surface area contributed by atoms with Crippen LogP contribution in [0.1, 0.15) is 40.0 Å². The van der Waals surface area contributed by atoms with E-state index < -0.39 is 0 Å². The van der Waals surface area contributed by atoms with E-state index in [1.54, 1.807) is 0 Å². The minimum Gasteiger partial charge on any atom is -0.381 e. The number of ether oxygens (including phenoxy) is 3. The molecule has 2 N–H and O–H groups in total. The maximum atomic E-state index is 5.69. The van der Waals surface area contributed by atoms with E-state index in [0.717, 1.165) is 77.9 Å². The summed E-state index contributed by atoms with van der Waals surface area (Å²) in [6.07, 6.45) is 3.36. The molecule has 1 aliphatic heterocycles. The van der Waals surface area contributed by atoms with Crippen molar-refractivity contribution in [3.63, 3.8) is 0 Å². The minimum absolute atomic E-state index is 0.299. The number of aliphatic imine (C=N–C) groups is 1. The Morgan fingerprint density at radius 1 is 1.26 bits per heavy atom. The molecule has 1 saturated heterocycles. The van der Waals surface area contributed by atoms with Gasteiger partial charge in [-0.05, 0) is 40.0 Å². The molecule has 0 spiro atoms. The van der Waals surface area contributed by atoms with Crippen LogP contribution in [0.2, 0.25) is 0 Å². The highest BCUT2D eigenvalue weighted by molar-refractivity contribution is 5.79. The highest BCUT2D eigenvalue weighted by Gasteiger charge is 2.15. The SMILES string of the molecule is CCNC(=NCCCOCC1CCOC1)NCCCOC(C)C. The molecule has 6 nitrogen and oxygen atoms in total. The lowest BCUT2D eigenvalue weighted by Crippen LogP contribution is -2.38. The summed E-state index contributed by atoms with van der Waals surface area (Å²) in [4.78, 5) is 4.56. The lowest BCUT2D eigenvalue weighted by molar-refractivity contribution is 0.0776. The number of nitrogens with one attached hydrogen (secondary N) is 2. The van der Waals surface area contributed by atoms with Crippen molar-refractivity contribution in [2.24, 2.45) is 10.9 Å². The summed E-state index contributed by atoms with van der Waals surface area (Å²) >= 11 is 0. The van der Waals surface area contributed by atoms with Crippen molar-refractivity contribution in [1.29, 1.82) is 0 Å². The molecule has 0 aromatic carbocycles. The van der Waals surface area contributed by atoms with Gasteiger partial charge in [0.25, 0.3) is 0 Å². The minimum atomic E-state index is 0.299. The highest BCUT2D eigenvalue weighted by Crippen LogP contribution is 2.12. The number of nitrogens with zero attached hydrogens (tertiary/aromatic N) is 1. The molecule has 0 aromatic rings. The molecule has 1 atom stereocenters. The largest absolute Gasteiger partial charge is 0.381 e. The molecule has 1 rings (SSSR count). The van der Waals surface area contributed by atoms with E-state index >= 15 is 0 Å². The third-order valence-corrected chi connectivity index (χ3v) is 3.50. The van der Waals surface area contributed by atoms with Crippen molar-refractivity contribution in [2.45, 2.75) is 46.1 Å². The lowest BCUT2D eigenvalue weighted by atomic mass is 10.1. The molecule has 0 amide bonds. The van der Waals surface area contributed by atoms with Crippen LogP contribution in [0.25, 0.3) is 0 Å². The third-order valence-electron chi connectivity index (χ3n) is 3.50. The van der Waals surface area contributed by atoms with Crippen LogP contribution in [-0.4, -0.2) is 64.7 Å². The Kier molecular flexibility index (Phi) is 11.9. The van der Waals surface area contributed by atoms with E-state index in [4.69, 9.17) is 14.2 Å². The molecule has 1 fully saturated rings. The van der Waals surface area contributed by atoms with Gasteiger partial charge in [-0.25, -0.2) is 0 Å². The van der Waals surface area contributed by atoms with Gasteiger partial charge >= 0.3 is 0 Å². The molecule has 136 valence electrons. The average Bonchev–Trinajstić information content (AvgIpc) is 3.03. The molecule has 0 aliphatic carbocycles. The molecule has 1 unspecified atom stereocenters. The maximum Gasteiger partial charge on any atom is 0.191 e. The average molecular weight is 329 g/mol. The fourth-order valence-electron chi connectivity index (χ4n) is 2.26. The molecule has 0 bridgehead atoms. The first-order valence-corrected chi connectivity index (χ1v) is 9.01. The van der Waals surface area contributed by atoms with Crippen LogP contribution in [0, 0.1) is 5.92 Å². The Morgan fingerprint density at radius 3 is 2.83 bits per heavy atom. The first-order chi connectivity index (χ1) is 11.2. The van der Waals surface area contributed by atoms with Gasteiger partial charge in [-0.15, -0.1) is 0 Å². The lowest BCUT2D eigenvalue weighted by Gasteiger charge is -2.12. The number of guanidine groups is 1. The van der Waals surface area contributed by atoms with Crippen LogP contribution in [0.4, 0.5) is 0 Å². The Bertz CT molecular complexity index is 305. The summed E-state index contributed by atoms with van der Waals surface area (Å²) in [6.45, 7) is 12.8. The van der Waals surface area contributed by atoms with Crippen LogP contribution in [0.15, 0.2) is 4.99 Å². The van der Waals surface area contributed by atoms with Crippen molar-refractivity contribution in [3.8, 4) is 0 Å². The molecule has 0 radical (unpaired) electrons. The summed E-state index contributed by atoms with van der Waals surface area (Å²) in [6, 6.07) is 0. The van der Waals surface area contributed by atoms with Crippen LogP contribution in [0.3, 0.4) is 0 Å². The van der Waals surface area contributed by atoms with Gasteiger partial charge in [0.1, 0.15) is 0 Å². The van der Waals surface area contributed by atoms with Gasteiger partial charge in [-0.3, -0.25) is 4.99 Å². The Hall–Kier alpha value is -0.850. The summed E-state index contributed by atoms with van der Waals surface area (Å²) in [5, 5.41) is 6.59. The van der Waals surface area contributed by atoms with E-state index in [0.29, 0.717) is 12.0 Å². The Morgan fingerprint density at radius 2 is 2.13 bits per heavy atom. The molecular formula is C17H35N3O3. The van der Waals surface area contributed by atoms with Crippen molar-refractivity contribution in [3.05, 3.63) is 0 Å². The van der Waals surface area contributed by atoms with Gasteiger partial charge in [-0.2, -0.15) is 0 Å². The smallest absolute Gasteiger partial charge is 0.191 e. The van der Waals surface area contributed by atoms with Crippen molar-refractivity contribution >= 4 is 5.96 Å². The zero-order chi connectivity index (χ0) is 16.8. The molecule has 0 saturated carbocycles.